The largest absolute Gasteiger partial charge is 0.466 e. The van der Waals surface area contributed by atoms with Crippen LogP contribution in [-0.4, -0.2) is 37.2 Å². The number of hydrogen-bond acceptors (Lipinski definition) is 4. The van der Waals surface area contributed by atoms with Crippen LogP contribution in [0.2, 0.25) is 0 Å². The van der Waals surface area contributed by atoms with Gasteiger partial charge in [-0.15, -0.1) is 0 Å². The number of esters is 1. The number of rotatable bonds is 6. The number of ether oxygens (including phenoxy) is 2. The van der Waals surface area contributed by atoms with Crippen molar-refractivity contribution in [2.75, 3.05) is 13.7 Å². The fraction of sp³-hybridized carbons (Fsp3) is 0.444. The zero-order valence-corrected chi connectivity index (χ0v) is 15.1. The van der Waals surface area contributed by atoms with Gasteiger partial charge in [0.1, 0.15) is 5.75 Å². The van der Waals surface area contributed by atoms with Gasteiger partial charge in [-0.05, 0) is 18.9 Å². The van der Waals surface area contributed by atoms with Crippen molar-refractivity contribution in [3.05, 3.63) is 41.1 Å². The number of alkyl halides is 2. The van der Waals surface area contributed by atoms with Crippen molar-refractivity contribution in [1.82, 2.24) is 10.2 Å². The SMILES string of the molecule is COC(=O)C1=C(C)N(CC(C)C)C(=O)NC1c1ccccc1OC(F)F. The number of halogens is 2. The van der Waals surface area contributed by atoms with Crippen molar-refractivity contribution in [3.63, 3.8) is 0 Å². The number of para-hydroxylation sites is 1. The summed E-state index contributed by atoms with van der Waals surface area (Å²) < 4.78 is 34.9. The average molecular weight is 368 g/mol. The van der Waals surface area contributed by atoms with Crippen LogP contribution in [-0.2, 0) is 9.53 Å². The fourth-order valence-electron chi connectivity index (χ4n) is 2.90. The predicted octanol–water partition coefficient (Wildman–Crippen LogP) is 3.46. The maximum atomic E-state index is 12.7. The summed E-state index contributed by atoms with van der Waals surface area (Å²) in [6.07, 6.45) is 0. The van der Waals surface area contributed by atoms with Crippen molar-refractivity contribution in [3.8, 4) is 5.75 Å². The molecule has 0 spiro atoms. The number of methoxy groups -OCH3 is 1. The van der Waals surface area contributed by atoms with Gasteiger partial charge >= 0.3 is 18.6 Å². The summed E-state index contributed by atoms with van der Waals surface area (Å²) in [7, 11) is 1.23. The van der Waals surface area contributed by atoms with Gasteiger partial charge in [0, 0.05) is 17.8 Å². The predicted molar refractivity (Wildman–Crippen MR) is 90.6 cm³/mol. The molecule has 1 aromatic carbocycles. The zero-order chi connectivity index (χ0) is 19.4. The van der Waals surface area contributed by atoms with E-state index in [0.717, 1.165) is 0 Å². The zero-order valence-electron chi connectivity index (χ0n) is 15.1. The number of hydrogen-bond donors (Lipinski definition) is 1. The van der Waals surface area contributed by atoms with E-state index in [1.54, 1.807) is 13.0 Å². The maximum Gasteiger partial charge on any atom is 0.387 e. The minimum atomic E-state index is -3.03. The first kappa shape index (κ1) is 19.7. The molecule has 1 unspecified atom stereocenters. The van der Waals surface area contributed by atoms with Crippen molar-refractivity contribution in [2.24, 2.45) is 5.92 Å². The fourth-order valence-corrected chi connectivity index (χ4v) is 2.90. The lowest BCUT2D eigenvalue weighted by Crippen LogP contribution is -2.49. The Morgan fingerprint density at radius 2 is 1.96 bits per heavy atom. The molecule has 0 saturated heterocycles. The summed E-state index contributed by atoms with van der Waals surface area (Å²) in [6.45, 7) is 2.89. The molecular formula is C18H22F2N2O4. The van der Waals surface area contributed by atoms with Gasteiger partial charge < -0.3 is 14.8 Å². The summed E-state index contributed by atoms with van der Waals surface area (Å²) in [4.78, 5) is 26.4. The summed E-state index contributed by atoms with van der Waals surface area (Å²) in [5, 5.41) is 2.70. The quantitative estimate of drug-likeness (QED) is 0.781. The molecule has 0 aliphatic carbocycles. The van der Waals surface area contributed by atoms with E-state index in [-0.39, 0.29) is 22.8 Å². The Hall–Kier alpha value is -2.64. The Morgan fingerprint density at radius 3 is 2.54 bits per heavy atom. The molecule has 26 heavy (non-hydrogen) atoms. The second kappa shape index (κ2) is 8.16. The van der Waals surface area contributed by atoms with Gasteiger partial charge in [0.05, 0.1) is 18.7 Å². The van der Waals surface area contributed by atoms with E-state index in [9.17, 15) is 18.4 Å². The first-order valence-corrected chi connectivity index (χ1v) is 8.17. The second-order valence-corrected chi connectivity index (χ2v) is 6.29. The molecule has 1 aliphatic rings. The van der Waals surface area contributed by atoms with Crippen molar-refractivity contribution >= 4 is 12.0 Å². The highest BCUT2D eigenvalue weighted by Crippen LogP contribution is 2.36. The number of nitrogens with zero attached hydrogens (tertiary/aromatic N) is 1. The lowest BCUT2D eigenvalue weighted by molar-refractivity contribution is -0.136. The number of nitrogens with one attached hydrogen (secondary N) is 1. The van der Waals surface area contributed by atoms with E-state index < -0.39 is 24.7 Å². The molecule has 1 aliphatic heterocycles. The van der Waals surface area contributed by atoms with Gasteiger partial charge in [-0.1, -0.05) is 32.0 Å². The number of amides is 2. The van der Waals surface area contributed by atoms with Crippen LogP contribution in [0.5, 0.6) is 5.75 Å². The molecule has 1 aromatic rings. The molecule has 0 radical (unpaired) electrons. The van der Waals surface area contributed by atoms with Crippen LogP contribution >= 0.6 is 0 Å². The van der Waals surface area contributed by atoms with Crippen LogP contribution < -0.4 is 10.1 Å². The van der Waals surface area contributed by atoms with Gasteiger partial charge in [-0.2, -0.15) is 8.78 Å². The monoisotopic (exact) mass is 368 g/mol. The molecular weight excluding hydrogens is 346 g/mol. The van der Waals surface area contributed by atoms with Crippen LogP contribution in [0.3, 0.4) is 0 Å². The Bertz CT molecular complexity index is 719. The lowest BCUT2D eigenvalue weighted by Gasteiger charge is -2.36. The van der Waals surface area contributed by atoms with Gasteiger partial charge in [0.25, 0.3) is 0 Å². The van der Waals surface area contributed by atoms with Crippen molar-refractivity contribution in [1.29, 1.82) is 0 Å². The Labute approximate surface area is 150 Å². The topological polar surface area (TPSA) is 67.9 Å². The standard InChI is InChI=1S/C18H22F2N2O4/c1-10(2)9-22-11(3)14(16(23)25-4)15(21-18(22)24)12-7-5-6-8-13(12)26-17(19)20/h5-8,10,15,17H,9H2,1-4H3,(H,21,24). The molecule has 142 valence electrons. The minimum Gasteiger partial charge on any atom is -0.466 e. The molecule has 8 heteroatoms. The Morgan fingerprint density at radius 1 is 1.31 bits per heavy atom. The number of carbonyl (C=O) groups excluding carboxylic acids is 2. The minimum absolute atomic E-state index is 0.112. The first-order chi connectivity index (χ1) is 12.3. The highest BCUT2D eigenvalue weighted by Gasteiger charge is 2.37. The van der Waals surface area contributed by atoms with E-state index in [4.69, 9.17) is 4.74 Å². The van der Waals surface area contributed by atoms with Gasteiger partial charge in [0.15, 0.2) is 0 Å². The summed E-state index contributed by atoms with van der Waals surface area (Å²) >= 11 is 0. The van der Waals surface area contributed by atoms with E-state index in [1.165, 1.54) is 30.2 Å². The first-order valence-electron chi connectivity index (χ1n) is 8.17. The molecule has 6 nitrogen and oxygen atoms in total. The normalized spacial score (nSPS) is 17.6. The van der Waals surface area contributed by atoms with Gasteiger partial charge in [-0.3, -0.25) is 4.90 Å². The number of carbonyl (C=O) groups is 2. The Balaban J connectivity index is 2.56. The molecule has 0 fully saturated rings. The highest BCUT2D eigenvalue weighted by atomic mass is 19.3. The van der Waals surface area contributed by atoms with Crippen LogP contribution in [0.25, 0.3) is 0 Å². The third-order valence-corrected chi connectivity index (χ3v) is 4.00. The molecule has 0 saturated carbocycles. The molecule has 1 N–H and O–H groups in total. The second-order valence-electron chi connectivity index (χ2n) is 6.29. The molecule has 1 heterocycles. The third kappa shape index (κ3) is 4.12. The van der Waals surface area contributed by atoms with Crippen LogP contribution in [0.1, 0.15) is 32.4 Å². The van der Waals surface area contributed by atoms with E-state index >= 15 is 0 Å². The molecule has 0 aromatic heterocycles. The number of allylic oxidation sites excluding steroid dienone is 1. The summed E-state index contributed by atoms with van der Waals surface area (Å²) in [5.74, 6) is -0.590. The van der Waals surface area contributed by atoms with Crippen molar-refractivity contribution < 1.29 is 27.8 Å². The maximum absolute atomic E-state index is 12.7. The van der Waals surface area contributed by atoms with E-state index in [0.29, 0.717) is 12.2 Å². The summed E-state index contributed by atoms with van der Waals surface area (Å²) in [6, 6.07) is 4.67. The number of urea groups is 1. The van der Waals surface area contributed by atoms with Gasteiger partial charge in [0.2, 0.25) is 0 Å². The van der Waals surface area contributed by atoms with Crippen LogP contribution in [0.4, 0.5) is 13.6 Å². The lowest BCUT2D eigenvalue weighted by atomic mass is 9.94. The van der Waals surface area contributed by atoms with E-state index in [1.807, 2.05) is 13.8 Å². The van der Waals surface area contributed by atoms with Crippen molar-refractivity contribution in [2.45, 2.75) is 33.4 Å². The van der Waals surface area contributed by atoms with Crippen LogP contribution in [0.15, 0.2) is 35.5 Å². The van der Waals surface area contributed by atoms with Gasteiger partial charge in [-0.25, -0.2) is 9.59 Å². The van der Waals surface area contributed by atoms with Crippen LogP contribution in [0, 0.1) is 5.92 Å². The molecule has 0 bridgehead atoms. The van der Waals surface area contributed by atoms with E-state index in [2.05, 4.69) is 10.1 Å². The third-order valence-electron chi connectivity index (χ3n) is 4.00. The highest BCUT2D eigenvalue weighted by molar-refractivity contribution is 5.95. The number of benzene rings is 1. The Kier molecular flexibility index (Phi) is 6.18. The summed E-state index contributed by atoms with van der Waals surface area (Å²) in [5.41, 5.74) is 0.856. The molecule has 2 amide bonds. The smallest absolute Gasteiger partial charge is 0.387 e. The average Bonchev–Trinajstić information content (AvgIpc) is 2.57. The molecule has 2 rings (SSSR count). The molecule has 1 atom stereocenters.